The lowest BCUT2D eigenvalue weighted by molar-refractivity contribution is -0.135. The molecule has 5 amide bonds. The van der Waals surface area contributed by atoms with Gasteiger partial charge in [-0.25, -0.2) is 14.3 Å². The van der Waals surface area contributed by atoms with E-state index in [-0.39, 0.29) is 40.9 Å². The van der Waals surface area contributed by atoms with Crippen LogP contribution in [0.15, 0.2) is 71.5 Å². The molecule has 8 rings (SSSR count). The number of benzene rings is 3. The summed E-state index contributed by atoms with van der Waals surface area (Å²) < 4.78 is 20.7. The third-order valence-electron chi connectivity index (χ3n) is 14.0. The van der Waals surface area contributed by atoms with Crippen molar-refractivity contribution in [2.75, 3.05) is 91.6 Å². The Morgan fingerprint density at radius 2 is 1.48 bits per heavy atom. The quantitative estimate of drug-likeness (QED) is 0.214. The second-order valence-corrected chi connectivity index (χ2v) is 20.1. The molecule has 69 heavy (non-hydrogen) atoms. The van der Waals surface area contributed by atoms with E-state index in [1.807, 2.05) is 56.0 Å². The number of nitrogens with one attached hydrogen (secondary N) is 2. The van der Waals surface area contributed by atoms with Crippen molar-refractivity contribution in [3.63, 3.8) is 0 Å². The van der Waals surface area contributed by atoms with Gasteiger partial charge < -0.3 is 29.7 Å². The Morgan fingerprint density at radius 1 is 0.783 bits per heavy atom. The second-order valence-electron chi connectivity index (χ2n) is 20.1. The monoisotopic (exact) mass is 948 g/mol. The fourth-order valence-corrected chi connectivity index (χ4v) is 10.1. The number of carbonyl (C=O) groups is 5. The molecule has 4 saturated heterocycles. The number of carbonyl (C=O) groups excluding carboxylic acids is 5. The number of aromatic amines is 1. The number of piperazine rings is 2. The number of piperidine rings is 2. The summed E-state index contributed by atoms with van der Waals surface area (Å²) in [6.07, 6.45) is 3.68. The topological polar surface area (TPSA) is 172 Å². The number of likely N-dealkylation sites (tertiary alicyclic amines) is 2. The fraction of sp³-hybridized carbons (Fsp3) is 0.519. The van der Waals surface area contributed by atoms with Crippen molar-refractivity contribution in [3.8, 4) is 0 Å². The summed E-state index contributed by atoms with van der Waals surface area (Å²) in [5.41, 5.74) is 1.90. The molecule has 0 spiro atoms. The van der Waals surface area contributed by atoms with Gasteiger partial charge in [0.15, 0.2) is 0 Å². The van der Waals surface area contributed by atoms with E-state index < -0.39 is 23.4 Å². The lowest BCUT2D eigenvalue weighted by Gasteiger charge is -2.40. The predicted molar refractivity (Wildman–Crippen MR) is 259 cm³/mol. The third kappa shape index (κ3) is 12.3. The summed E-state index contributed by atoms with van der Waals surface area (Å²) in [4.78, 5) is 90.4. The molecule has 3 aromatic carbocycles. The molecule has 0 bridgehead atoms. The van der Waals surface area contributed by atoms with E-state index in [0.29, 0.717) is 98.8 Å². The molecule has 0 aliphatic carbocycles. The molecule has 4 fully saturated rings. The van der Waals surface area contributed by atoms with Crippen LogP contribution in [0.1, 0.15) is 96.8 Å². The van der Waals surface area contributed by atoms with Crippen molar-refractivity contribution in [2.45, 2.75) is 77.4 Å². The highest BCUT2D eigenvalue weighted by atomic mass is 19.1. The number of amides is 5. The first-order valence-electron chi connectivity index (χ1n) is 24.5. The molecule has 4 aliphatic heterocycles. The summed E-state index contributed by atoms with van der Waals surface area (Å²) in [5, 5.41) is 10.9. The predicted octanol–water partition coefficient (Wildman–Crippen LogP) is 4.73. The Morgan fingerprint density at radius 3 is 2.20 bits per heavy atom. The number of aromatic nitrogens is 2. The van der Waals surface area contributed by atoms with Gasteiger partial charge in [-0.2, -0.15) is 5.10 Å². The van der Waals surface area contributed by atoms with E-state index in [1.54, 1.807) is 52.0 Å². The molecule has 17 heteroatoms. The van der Waals surface area contributed by atoms with Gasteiger partial charge in [0.25, 0.3) is 17.4 Å². The van der Waals surface area contributed by atoms with Crippen molar-refractivity contribution in [2.24, 2.45) is 5.92 Å². The van der Waals surface area contributed by atoms with Crippen molar-refractivity contribution in [1.82, 2.24) is 44.9 Å². The maximum absolute atomic E-state index is 15.1. The average Bonchev–Trinajstić information content (AvgIpc) is 3.35. The lowest BCUT2D eigenvalue weighted by atomic mass is 9.90. The summed E-state index contributed by atoms with van der Waals surface area (Å²) >= 11 is 0. The van der Waals surface area contributed by atoms with Crippen LogP contribution >= 0.6 is 0 Å². The van der Waals surface area contributed by atoms with Crippen molar-refractivity contribution in [1.29, 1.82) is 0 Å². The van der Waals surface area contributed by atoms with E-state index in [2.05, 4.69) is 25.3 Å². The van der Waals surface area contributed by atoms with Gasteiger partial charge in [0.2, 0.25) is 11.8 Å². The minimum absolute atomic E-state index is 0.0275. The first-order valence-corrected chi connectivity index (χ1v) is 24.5. The van der Waals surface area contributed by atoms with E-state index in [0.717, 1.165) is 64.0 Å². The zero-order valence-corrected chi connectivity index (χ0v) is 40.4. The molecule has 2 atom stereocenters. The van der Waals surface area contributed by atoms with Crippen LogP contribution in [-0.4, -0.2) is 173 Å². The van der Waals surface area contributed by atoms with Crippen LogP contribution in [-0.2, 0) is 20.7 Å². The van der Waals surface area contributed by atoms with Crippen LogP contribution in [0.5, 0.6) is 0 Å². The van der Waals surface area contributed by atoms with E-state index in [9.17, 15) is 28.8 Å². The number of hydrogen-bond donors (Lipinski definition) is 2. The number of fused-ring (bicyclic) bond motifs is 1. The molecular weight excluding hydrogens is 882 g/mol. The Hall–Kier alpha value is -6.20. The number of rotatable bonds is 11. The first kappa shape index (κ1) is 49.2. The first-order chi connectivity index (χ1) is 33.1. The number of H-pyrrole nitrogens is 1. The number of ether oxygens (including phenoxy) is 1. The van der Waals surface area contributed by atoms with Gasteiger partial charge in [-0.1, -0.05) is 36.4 Å². The van der Waals surface area contributed by atoms with Crippen molar-refractivity contribution in [3.05, 3.63) is 111 Å². The normalized spacial score (nSPS) is 19.3. The zero-order valence-electron chi connectivity index (χ0n) is 40.4. The maximum atomic E-state index is 15.1. The Labute approximate surface area is 403 Å². The molecule has 4 aliphatic rings. The van der Waals surface area contributed by atoms with Crippen LogP contribution in [0.2, 0.25) is 0 Å². The highest BCUT2D eigenvalue weighted by Crippen LogP contribution is 2.29. The Kier molecular flexibility index (Phi) is 15.4. The molecule has 1 aromatic heterocycles. The molecule has 1 unspecified atom stereocenters. The molecule has 16 nitrogen and oxygen atoms in total. The minimum Gasteiger partial charge on any atom is -0.444 e. The van der Waals surface area contributed by atoms with Crippen LogP contribution < -0.4 is 10.9 Å². The highest BCUT2D eigenvalue weighted by molar-refractivity contribution is 5.98. The Balaban J connectivity index is 0.726. The van der Waals surface area contributed by atoms with E-state index in [4.69, 9.17) is 4.74 Å². The fourth-order valence-electron chi connectivity index (χ4n) is 10.1. The molecule has 368 valence electrons. The summed E-state index contributed by atoms with van der Waals surface area (Å²) in [6.45, 7) is 15.4. The Bertz CT molecular complexity index is 2580. The SMILES string of the molecule is C[C@@H](NC(=O)c1cccc(C2CCCN(C(=O)OC(C)(C)C)C2)c1)C(=O)N1CCN(CC2CCN(CC(=O)N3CCN(C(=O)c4cc(Cc5n[nH]c(=O)c6ccccc56)ccc4F)CC3)CC2)CC1. The van der Waals surface area contributed by atoms with Gasteiger partial charge in [-0.05, 0) is 114 Å². The van der Waals surface area contributed by atoms with E-state index >= 15 is 4.39 Å². The number of nitrogens with zero attached hydrogens (tertiary/aromatic N) is 7. The van der Waals surface area contributed by atoms with Gasteiger partial charge >= 0.3 is 6.09 Å². The zero-order chi connectivity index (χ0) is 48.8. The molecule has 0 saturated carbocycles. The van der Waals surface area contributed by atoms with Gasteiger partial charge in [0.05, 0.1) is 23.2 Å². The minimum atomic E-state index is -0.683. The van der Waals surface area contributed by atoms with Gasteiger partial charge in [0, 0.05) is 95.3 Å². The molecule has 5 heterocycles. The molecule has 2 N–H and O–H groups in total. The second kappa shape index (κ2) is 21.6. The summed E-state index contributed by atoms with van der Waals surface area (Å²) in [5.74, 6) is -0.828. The highest BCUT2D eigenvalue weighted by Gasteiger charge is 2.32. The smallest absolute Gasteiger partial charge is 0.410 e. The van der Waals surface area contributed by atoms with Crippen LogP contribution in [0, 0.1) is 11.7 Å². The van der Waals surface area contributed by atoms with Crippen LogP contribution in [0.3, 0.4) is 0 Å². The third-order valence-corrected chi connectivity index (χ3v) is 14.0. The maximum Gasteiger partial charge on any atom is 0.410 e. The molecular formula is C52H66FN9O7. The summed E-state index contributed by atoms with van der Waals surface area (Å²) in [7, 11) is 0. The summed E-state index contributed by atoms with van der Waals surface area (Å²) in [6, 6.07) is 18.4. The molecule has 0 radical (unpaired) electrons. The van der Waals surface area contributed by atoms with Gasteiger partial charge in [-0.3, -0.25) is 33.8 Å². The largest absolute Gasteiger partial charge is 0.444 e. The van der Waals surface area contributed by atoms with Crippen LogP contribution in [0.4, 0.5) is 9.18 Å². The van der Waals surface area contributed by atoms with Gasteiger partial charge in [-0.15, -0.1) is 0 Å². The number of hydrogen-bond acceptors (Lipinski definition) is 10. The van der Waals surface area contributed by atoms with Crippen molar-refractivity contribution >= 4 is 40.5 Å². The van der Waals surface area contributed by atoms with Gasteiger partial charge in [0.1, 0.15) is 17.5 Å². The average molecular weight is 948 g/mol. The standard InChI is InChI=1S/C52H66FN9O7/c1-35(54-47(64)39-10-7-9-38(31-39)40-11-8-18-62(33-40)51(68)69-52(2,3)4)49(66)60-23-21-58(22-24-60)32-36-16-19-57(20-17-36)34-46(63)59-25-27-61(28-26-59)50(67)43-29-37(14-15-44(43)53)30-45-41-12-5-6-13-42(41)48(65)56-55-45/h5-7,9-10,12-15,29,31,35-36,40H,8,11,16-28,30,32-34H2,1-4H3,(H,54,64)(H,56,65)/t35-,40?/m1/s1. The van der Waals surface area contributed by atoms with E-state index in [1.165, 1.54) is 6.07 Å². The lowest BCUT2D eigenvalue weighted by Crippen LogP contribution is -2.55. The van der Waals surface area contributed by atoms with Crippen molar-refractivity contribution < 1.29 is 33.1 Å². The number of halogens is 1. The molecule has 4 aromatic rings. The van der Waals surface area contributed by atoms with Crippen LogP contribution in [0.25, 0.3) is 10.8 Å².